The molecule has 1 aliphatic heterocycles. The molecule has 0 unspecified atom stereocenters. The van der Waals surface area contributed by atoms with Crippen molar-refractivity contribution in [1.82, 2.24) is 4.98 Å². The van der Waals surface area contributed by atoms with Crippen LogP contribution >= 0.6 is 0 Å². The van der Waals surface area contributed by atoms with Gasteiger partial charge in [0.25, 0.3) is 0 Å². The molecule has 0 atom stereocenters. The molecule has 1 fully saturated rings. The molecule has 2 heterocycles. The van der Waals surface area contributed by atoms with Gasteiger partial charge in [0.15, 0.2) is 0 Å². The fourth-order valence-corrected chi connectivity index (χ4v) is 1.93. The van der Waals surface area contributed by atoms with Gasteiger partial charge in [0.05, 0.1) is 13.2 Å². The van der Waals surface area contributed by atoms with Gasteiger partial charge in [-0.3, -0.25) is 0 Å². The minimum Gasteiger partial charge on any atom is -0.477 e. The maximum absolute atomic E-state index is 9.05. The highest BCUT2D eigenvalue weighted by atomic mass is 16.5. The number of aliphatic hydroxyl groups excluding tert-OH is 1. The summed E-state index contributed by atoms with van der Waals surface area (Å²) in [5.74, 6) is 1.22. The molecule has 2 rings (SSSR count). The molecule has 17 heavy (non-hydrogen) atoms. The zero-order valence-corrected chi connectivity index (χ0v) is 10.2. The predicted octanol–water partition coefficient (Wildman–Crippen LogP) is 1.69. The molecule has 0 bridgehead atoms. The van der Waals surface area contributed by atoms with Gasteiger partial charge < -0.3 is 14.6 Å². The van der Waals surface area contributed by atoms with Gasteiger partial charge in [-0.1, -0.05) is 0 Å². The van der Waals surface area contributed by atoms with E-state index in [0.29, 0.717) is 18.4 Å². The number of pyridine rings is 1. The molecular weight excluding hydrogens is 218 g/mol. The minimum atomic E-state index is 0.0269. The summed E-state index contributed by atoms with van der Waals surface area (Å²) in [5, 5.41) is 9.05. The summed E-state index contributed by atoms with van der Waals surface area (Å²) in [6.07, 6.45) is 2.13. The van der Waals surface area contributed by atoms with Crippen molar-refractivity contribution in [3.05, 3.63) is 23.4 Å². The molecule has 0 amide bonds. The van der Waals surface area contributed by atoms with Crippen molar-refractivity contribution in [1.29, 1.82) is 0 Å². The summed E-state index contributed by atoms with van der Waals surface area (Å²) >= 11 is 0. The van der Waals surface area contributed by atoms with Crippen molar-refractivity contribution < 1.29 is 14.6 Å². The first-order chi connectivity index (χ1) is 8.29. The van der Waals surface area contributed by atoms with E-state index >= 15 is 0 Å². The molecular formula is C13H19NO3. The van der Waals surface area contributed by atoms with Crippen LogP contribution in [0.15, 0.2) is 12.1 Å². The lowest BCUT2D eigenvalue weighted by Crippen LogP contribution is -2.21. The molecule has 0 aliphatic carbocycles. The molecule has 1 saturated heterocycles. The van der Waals surface area contributed by atoms with E-state index in [-0.39, 0.29) is 6.61 Å². The smallest absolute Gasteiger partial charge is 0.213 e. The lowest BCUT2D eigenvalue weighted by atomic mass is 10.0. The molecule has 1 aromatic heterocycles. The number of hydrogen-bond donors (Lipinski definition) is 1. The second-order valence-electron chi connectivity index (χ2n) is 4.42. The zero-order chi connectivity index (χ0) is 12.1. The summed E-state index contributed by atoms with van der Waals surface area (Å²) in [6, 6.07) is 3.68. The fourth-order valence-electron chi connectivity index (χ4n) is 1.93. The number of aliphatic hydroxyl groups is 1. The summed E-state index contributed by atoms with van der Waals surface area (Å²) in [5.41, 5.74) is 1.68. The van der Waals surface area contributed by atoms with E-state index in [4.69, 9.17) is 14.6 Å². The second kappa shape index (κ2) is 5.98. The number of aryl methyl sites for hydroxylation is 1. The fraction of sp³-hybridized carbons (Fsp3) is 0.615. The van der Waals surface area contributed by atoms with Crippen LogP contribution in [0.5, 0.6) is 5.88 Å². The van der Waals surface area contributed by atoms with Gasteiger partial charge >= 0.3 is 0 Å². The molecule has 94 valence electrons. The molecule has 0 radical (unpaired) electrons. The van der Waals surface area contributed by atoms with E-state index in [1.807, 2.05) is 19.1 Å². The van der Waals surface area contributed by atoms with Crippen molar-refractivity contribution in [3.8, 4) is 5.88 Å². The number of aromatic nitrogens is 1. The van der Waals surface area contributed by atoms with Gasteiger partial charge in [0.2, 0.25) is 5.88 Å². The summed E-state index contributed by atoms with van der Waals surface area (Å²) in [4.78, 5) is 4.31. The van der Waals surface area contributed by atoms with E-state index in [2.05, 4.69) is 4.98 Å². The van der Waals surface area contributed by atoms with Crippen LogP contribution in [0.25, 0.3) is 0 Å². The van der Waals surface area contributed by atoms with E-state index in [0.717, 1.165) is 37.3 Å². The average Bonchev–Trinajstić information content (AvgIpc) is 2.38. The molecule has 1 N–H and O–H groups in total. The molecule has 0 aromatic carbocycles. The largest absolute Gasteiger partial charge is 0.477 e. The summed E-state index contributed by atoms with van der Waals surface area (Å²) in [7, 11) is 0. The lowest BCUT2D eigenvalue weighted by Gasteiger charge is -2.21. The molecule has 1 aromatic rings. The molecule has 0 spiro atoms. The number of hydrogen-bond acceptors (Lipinski definition) is 4. The van der Waals surface area contributed by atoms with E-state index in [1.54, 1.807) is 0 Å². The van der Waals surface area contributed by atoms with E-state index in [1.165, 1.54) is 0 Å². The normalized spacial score (nSPS) is 17.1. The van der Waals surface area contributed by atoms with Crippen molar-refractivity contribution in [3.63, 3.8) is 0 Å². The van der Waals surface area contributed by atoms with E-state index in [9.17, 15) is 0 Å². The maximum atomic E-state index is 9.05. The Kier molecular flexibility index (Phi) is 4.34. The third-order valence-electron chi connectivity index (χ3n) is 3.15. The Bertz CT molecular complexity index is 362. The monoisotopic (exact) mass is 237 g/mol. The Hall–Kier alpha value is -1.13. The van der Waals surface area contributed by atoms with Crippen molar-refractivity contribution in [2.24, 2.45) is 5.92 Å². The van der Waals surface area contributed by atoms with Crippen molar-refractivity contribution >= 4 is 0 Å². The number of rotatable bonds is 4. The highest BCUT2D eigenvalue weighted by molar-refractivity contribution is 5.24. The first kappa shape index (κ1) is 12.3. The van der Waals surface area contributed by atoms with Gasteiger partial charge in [-0.2, -0.15) is 0 Å². The van der Waals surface area contributed by atoms with Crippen LogP contribution in [0, 0.1) is 12.8 Å². The third-order valence-corrected chi connectivity index (χ3v) is 3.15. The Morgan fingerprint density at radius 1 is 1.41 bits per heavy atom. The summed E-state index contributed by atoms with van der Waals surface area (Å²) in [6.45, 7) is 4.29. The van der Waals surface area contributed by atoms with Crippen LogP contribution in [0.2, 0.25) is 0 Å². The quantitative estimate of drug-likeness (QED) is 0.865. The predicted molar refractivity (Wildman–Crippen MR) is 63.9 cm³/mol. The first-order valence-corrected chi connectivity index (χ1v) is 6.07. The van der Waals surface area contributed by atoms with Gasteiger partial charge in [0, 0.05) is 25.0 Å². The Labute approximate surface area is 102 Å². The SMILES string of the molecule is Cc1nc(OCC2CCOCC2)ccc1CO. The average molecular weight is 237 g/mol. The van der Waals surface area contributed by atoms with Crippen LogP contribution in [-0.2, 0) is 11.3 Å². The number of ether oxygens (including phenoxy) is 2. The van der Waals surface area contributed by atoms with E-state index < -0.39 is 0 Å². The van der Waals surface area contributed by atoms with Crippen LogP contribution in [0.4, 0.5) is 0 Å². The van der Waals surface area contributed by atoms with Crippen LogP contribution in [0.3, 0.4) is 0 Å². The zero-order valence-electron chi connectivity index (χ0n) is 10.2. The highest BCUT2D eigenvalue weighted by Gasteiger charge is 2.14. The first-order valence-electron chi connectivity index (χ1n) is 6.07. The number of nitrogens with zero attached hydrogens (tertiary/aromatic N) is 1. The third kappa shape index (κ3) is 3.41. The van der Waals surface area contributed by atoms with Crippen LogP contribution in [-0.4, -0.2) is 29.9 Å². The lowest BCUT2D eigenvalue weighted by molar-refractivity contribution is 0.0490. The van der Waals surface area contributed by atoms with Gasteiger partial charge in [-0.05, 0) is 37.3 Å². The van der Waals surface area contributed by atoms with Crippen LogP contribution < -0.4 is 4.74 Å². The Morgan fingerprint density at radius 3 is 2.82 bits per heavy atom. The molecule has 4 heteroatoms. The standard InChI is InChI=1S/C13H19NO3/c1-10-12(8-15)2-3-13(14-10)17-9-11-4-6-16-7-5-11/h2-3,11,15H,4-9H2,1H3. The van der Waals surface area contributed by atoms with Crippen molar-refractivity contribution in [2.45, 2.75) is 26.4 Å². The van der Waals surface area contributed by atoms with Gasteiger partial charge in [-0.25, -0.2) is 4.98 Å². The Balaban J connectivity index is 1.87. The van der Waals surface area contributed by atoms with Crippen LogP contribution in [0.1, 0.15) is 24.1 Å². The Morgan fingerprint density at radius 2 is 2.18 bits per heavy atom. The van der Waals surface area contributed by atoms with Gasteiger partial charge in [0.1, 0.15) is 0 Å². The molecule has 0 saturated carbocycles. The second-order valence-corrected chi connectivity index (χ2v) is 4.42. The highest BCUT2D eigenvalue weighted by Crippen LogP contribution is 2.17. The molecule has 1 aliphatic rings. The van der Waals surface area contributed by atoms with Crippen molar-refractivity contribution in [2.75, 3.05) is 19.8 Å². The summed E-state index contributed by atoms with van der Waals surface area (Å²) < 4.78 is 11.0. The van der Waals surface area contributed by atoms with Gasteiger partial charge in [-0.15, -0.1) is 0 Å². The minimum absolute atomic E-state index is 0.0269. The topological polar surface area (TPSA) is 51.6 Å². The maximum Gasteiger partial charge on any atom is 0.213 e. The molecule has 4 nitrogen and oxygen atoms in total.